The third-order valence-electron chi connectivity index (χ3n) is 6.02. The highest BCUT2D eigenvalue weighted by Crippen LogP contribution is 2.28. The van der Waals surface area contributed by atoms with Crippen LogP contribution in [0, 0.1) is 5.82 Å². The summed E-state index contributed by atoms with van der Waals surface area (Å²) in [5.41, 5.74) is 3.78. The topological polar surface area (TPSA) is 63.1 Å². The van der Waals surface area contributed by atoms with Crippen molar-refractivity contribution in [1.82, 2.24) is 15.2 Å². The predicted octanol–water partition coefficient (Wildman–Crippen LogP) is 5.25. The van der Waals surface area contributed by atoms with E-state index in [1.165, 1.54) is 12.1 Å². The van der Waals surface area contributed by atoms with Crippen molar-refractivity contribution in [2.75, 3.05) is 5.75 Å². The van der Waals surface area contributed by atoms with Crippen LogP contribution in [0.4, 0.5) is 4.39 Å². The molecule has 172 valence electrons. The number of aromatic nitrogens is 1. The van der Waals surface area contributed by atoms with Gasteiger partial charge in [-0.05, 0) is 42.7 Å². The molecule has 2 unspecified atom stereocenters. The minimum absolute atomic E-state index is 0.0985. The van der Waals surface area contributed by atoms with Crippen molar-refractivity contribution in [2.45, 2.75) is 44.6 Å². The summed E-state index contributed by atoms with van der Waals surface area (Å²) in [5, 5.41) is 6.14. The molecule has 2 atom stereocenters. The molecular weight excluding hydrogens is 437 g/mol. The molecule has 1 aromatic heterocycles. The lowest BCUT2D eigenvalue weighted by atomic mass is 10.0. The average Bonchev–Trinajstić information content (AvgIpc) is 3.23. The maximum absolute atomic E-state index is 13.3. The Kier molecular flexibility index (Phi) is 7.18. The van der Waals surface area contributed by atoms with Crippen LogP contribution in [0.15, 0.2) is 60.7 Å². The Balaban J connectivity index is 1.56. The molecule has 0 saturated carbocycles. The van der Waals surface area contributed by atoms with Crippen LogP contribution in [0.2, 0.25) is 0 Å². The molecule has 0 saturated heterocycles. The fourth-order valence-electron chi connectivity index (χ4n) is 4.16. The second-order valence-corrected chi connectivity index (χ2v) is 9.29. The number of nitrogens with one attached hydrogen (secondary N) is 2. The summed E-state index contributed by atoms with van der Waals surface area (Å²) in [6.07, 6.45) is 0.766. The molecule has 0 bridgehead atoms. The first-order valence-corrected chi connectivity index (χ1v) is 12.4. The van der Waals surface area contributed by atoms with E-state index in [0.717, 1.165) is 29.0 Å². The van der Waals surface area contributed by atoms with Crippen molar-refractivity contribution in [3.63, 3.8) is 0 Å². The van der Waals surface area contributed by atoms with Crippen molar-refractivity contribution in [3.8, 4) is 0 Å². The molecule has 1 aliphatic heterocycles. The zero-order chi connectivity index (χ0) is 23.4. The number of hydrogen-bond donors (Lipinski definition) is 2. The molecule has 2 heterocycles. The Morgan fingerprint density at radius 2 is 1.76 bits per heavy atom. The van der Waals surface area contributed by atoms with E-state index in [-0.39, 0.29) is 29.7 Å². The molecule has 4 rings (SSSR count). The number of nitrogens with zero attached hydrogens (tertiary/aromatic N) is 1. The Morgan fingerprint density at radius 3 is 2.45 bits per heavy atom. The zero-order valence-corrected chi connectivity index (χ0v) is 19.6. The fourth-order valence-corrected chi connectivity index (χ4v) is 5.12. The standard InChI is InChI=1S/C26H28FN3O2S/c1-3-22(19-7-5-4-6-8-19)29-26(32)23-15-21(24-16-33-14-13-30(23)24)25(31)28-17(2)18-9-11-20(27)12-10-18/h4-12,15,17,22H,3,13-14,16H2,1-2H3,(H,28,31)(H,29,32). The molecule has 7 heteroatoms. The average molecular weight is 466 g/mol. The van der Waals surface area contributed by atoms with Crippen LogP contribution >= 0.6 is 11.8 Å². The van der Waals surface area contributed by atoms with Crippen molar-refractivity contribution in [1.29, 1.82) is 0 Å². The summed E-state index contributed by atoms with van der Waals surface area (Å²) >= 11 is 1.75. The van der Waals surface area contributed by atoms with E-state index in [1.54, 1.807) is 30.0 Å². The van der Waals surface area contributed by atoms with Gasteiger partial charge in [0.25, 0.3) is 11.8 Å². The van der Waals surface area contributed by atoms with Gasteiger partial charge in [0.1, 0.15) is 11.5 Å². The van der Waals surface area contributed by atoms with Crippen molar-refractivity contribution in [3.05, 3.63) is 94.6 Å². The van der Waals surface area contributed by atoms with E-state index in [1.807, 2.05) is 48.7 Å². The lowest BCUT2D eigenvalue weighted by molar-refractivity contribution is 0.0924. The Bertz CT molecular complexity index is 1130. The van der Waals surface area contributed by atoms with E-state index in [4.69, 9.17) is 0 Å². The summed E-state index contributed by atoms with van der Waals surface area (Å²) in [7, 11) is 0. The minimum atomic E-state index is -0.313. The largest absolute Gasteiger partial charge is 0.345 e. The van der Waals surface area contributed by atoms with Gasteiger partial charge < -0.3 is 15.2 Å². The van der Waals surface area contributed by atoms with E-state index >= 15 is 0 Å². The van der Waals surface area contributed by atoms with Crippen molar-refractivity contribution < 1.29 is 14.0 Å². The van der Waals surface area contributed by atoms with Crippen molar-refractivity contribution >= 4 is 23.6 Å². The van der Waals surface area contributed by atoms with E-state index in [9.17, 15) is 14.0 Å². The SMILES string of the molecule is CCC(NC(=O)c1cc(C(=O)NC(C)c2ccc(F)cc2)c2n1CCSC2)c1ccccc1. The van der Waals surface area contributed by atoms with Gasteiger partial charge in [0, 0.05) is 23.7 Å². The quantitative estimate of drug-likeness (QED) is 0.501. The molecule has 0 aliphatic carbocycles. The monoisotopic (exact) mass is 465 g/mol. The second-order valence-electron chi connectivity index (χ2n) is 8.19. The van der Waals surface area contributed by atoms with Gasteiger partial charge in [0.15, 0.2) is 0 Å². The summed E-state index contributed by atoms with van der Waals surface area (Å²) < 4.78 is 15.2. The number of carbonyl (C=O) groups is 2. The molecule has 2 N–H and O–H groups in total. The Labute approximate surface area is 197 Å². The van der Waals surface area contributed by atoms with Gasteiger partial charge in [-0.1, -0.05) is 49.4 Å². The minimum Gasteiger partial charge on any atom is -0.345 e. The summed E-state index contributed by atoms with van der Waals surface area (Å²) in [5.74, 6) is 0.853. The molecule has 5 nitrogen and oxygen atoms in total. The van der Waals surface area contributed by atoms with Gasteiger partial charge in [0.2, 0.25) is 0 Å². The lowest BCUT2D eigenvalue weighted by Crippen LogP contribution is -2.30. The number of thioether (sulfide) groups is 1. The highest BCUT2D eigenvalue weighted by atomic mass is 32.2. The maximum Gasteiger partial charge on any atom is 0.268 e. The Hall–Kier alpha value is -3.06. The smallest absolute Gasteiger partial charge is 0.268 e. The van der Waals surface area contributed by atoms with Crippen LogP contribution in [-0.2, 0) is 12.3 Å². The maximum atomic E-state index is 13.3. The molecule has 2 amide bonds. The van der Waals surface area contributed by atoms with Crippen LogP contribution in [0.1, 0.15) is 70.0 Å². The first-order chi connectivity index (χ1) is 16.0. The summed E-state index contributed by atoms with van der Waals surface area (Å²) in [6, 6.07) is 17.3. The van der Waals surface area contributed by atoms with E-state index in [0.29, 0.717) is 23.6 Å². The van der Waals surface area contributed by atoms with E-state index < -0.39 is 0 Å². The third kappa shape index (κ3) is 5.14. The molecule has 3 aromatic rings. The van der Waals surface area contributed by atoms with Gasteiger partial charge in [-0.2, -0.15) is 11.8 Å². The zero-order valence-electron chi connectivity index (χ0n) is 18.8. The first kappa shape index (κ1) is 23.1. The second kappa shape index (κ2) is 10.3. The first-order valence-electron chi connectivity index (χ1n) is 11.2. The number of carbonyl (C=O) groups excluding carboxylic acids is 2. The molecule has 0 radical (unpaired) electrons. The molecule has 0 fully saturated rings. The summed E-state index contributed by atoms with van der Waals surface area (Å²) in [4.78, 5) is 26.4. The number of rotatable bonds is 7. The normalized spacial score (nSPS) is 14.8. The highest BCUT2D eigenvalue weighted by Gasteiger charge is 2.27. The molecular formula is C26H28FN3O2S. The van der Waals surface area contributed by atoms with Crippen molar-refractivity contribution in [2.24, 2.45) is 0 Å². The van der Waals surface area contributed by atoms with Crippen LogP contribution in [-0.4, -0.2) is 22.1 Å². The van der Waals surface area contributed by atoms with Crippen LogP contribution in [0.3, 0.4) is 0 Å². The predicted molar refractivity (Wildman–Crippen MR) is 130 cm³/mol. The number of hydrogen-bond acceptors (Lipinski definition) is 3. The van der Waals surface area contributed by atoms with Gasteiger partial charge in [-0.3, -0.25) is 9.59 Å². The number of fused-ring (bicyclic) bond motifs is 1. The van der Waals surface area contributed by atoms with Gasteiger partial charge >= 0.3 is 0 Å². The van der Waals surface area contributed by atoms with Gasteiger partial charge in [0.05, 0.1) is 17.6 Å². The molecule has 0 spiro atoms. The highest BCUT2D eigenvalue weighted by molar-refractivity contribution is 7.98. The molecule has 33 heavy (non-hydrogen) atoms. The Morgan fingerprint density at radius 1 is 1.03 bits per heavy atom. The van der Waals surface area contributed by atoms with Gasteiger partial charge in [-0.25, -0.2) is 4.39 Å². The van der Waals surface area contributed by atoms with Crippen LogP contribution < -0.4 is 10.6 Å². The van der Waals surface area contributed by atoms with Gasteiger partial charge in [-0.15, -0.1) is 0 Å². The van der Waals surface area contributed by atoms with E-state index in [2.05, 4.69) is 10.6 Å². The van der Waals surface area contributed by atoms with Crippen LogP contribution in [0.5, 0.6) is 0 Å². The van der Waals surface area contributed by atoms with Crippen LogP contribution in [0.25, 0.3) is 0 Å². The molecule has 1 aliphatic rings. The molecule has 2 aromatic carbocycles. The summed E-state index contributed by atoms with van der Waals surface area (Å²) in [6.45, 7) is 4.59. The lowest BCUT2D eigenvalue weighted by Gasteiger charge is -2.21. The number of benzene rings is 2. The number of amides is 2. The number of halogens is 1. The third-order valence-corrected chi connectivity index (χ3v) is 6.97. The fraction of sp³-hybridized carbons (Fsp3) is 0.308.